The van der Waals surface area contributed by atoms with Crippen LogP contribution in [-0.2, 0) is 63.5 Å². The molecule has 2 aromatic heterocycles. The summed E-state index contributed by atoms with van der Waals surface area (Å²) in [6.07, 6.45) is 11.2. The van der Waals surface area contributed by atoms with E-state index < -0.39 is 11.9 Å². The summed E-state index contributed by atoms with van der Waals surface area (Å²) in [5.74, 6) is -1.60. The van der Waals surface area contributed by atoms with Gasteiger partial charge in [0.1, 0.15) is 23.0 Å². The second-order valence-electron chi connectivity index (χ2n) is 21.3. The Morgan fingerprint density at radius 3 is 2.32 bits per heavy atom. The number of carbonyl (C=O) groups is 9. The molecule has 0 bridgehead atoms. The molecule has 2 N–H and O–H groups in total. The van der Waals surface area contributed by atoms with Crippen molar-refractivity contribution in [3.63, 3.8) is 0 Å². The third-order valence-corrected chi connectivity index (χ3v) is 15.6. The molecule has 5 heterocycles. The summed E-state index contributed by atoms with van der Waals surface area (Å²) in [7, 11) is 3.47. The van der Waals surface area contributed by atoms with Crippen LogP contribution in [0.1, 0.15) is 127 Å². The Labute approximate surface area is 482 Å². The van der Waals surface area contributed by atoms with Gasteiger partial charge < -0.3 is 43.6 Å². The molecule has 0 aliphatic carbocycles. The number of amides is 5. The number of aryl methyl sites for hydroxylation is 3. The predicted octanol–water partition coefficient (Wildman–Crippen LogP) is 6.83. The molecule has 2 fully saturated rings. The average Bonchev–Trinajstić information content (AvgIpc) is 4.29. The first-order valence-electron chi connectivity index (χ1n) is 28.2. The molecule has 2 aromatic carbocycles. The molecule has 3 aliphatic rings. The van der Waals surface area contributed by atoms with Gasteiger partial charge in [0.05, 0.1) is 61.5 Å². The summed E-state index contributed by atoms with van der Waals surface area (Å²) in [4.78, 5) is 127. The zero-order valence-electron chi connectivity index (χ0n) is 47.8. The zero-order chi connectivity index (χ0) is 58.9. The molecule has 21 nitrogen and oxygen atoms in total. The third kappa shape index (κ3) is 17.1. The van der Waals surface area contributed by atoms with Crippen molar-refractivity contribution in [2.45, 2.75) is 109 Å². The van der Waals surface area contributed by atoms with E-state index in [1.54, 1.807) is 47.8 Å². The monoisotopic (exact) mass is 1150 g/mol. The lowest BCUT2D eigenvalue weighted by atomic mass is 9.90. The average molecular weight is 1150 g/mol. The molecule has 2 saturated heterocycles. The largest absolute Gasteiger partial charge is 0.493 e. The Balaban J connectivity index is 0.739. The van der Waals surface area contributed by atoms with Crippen molar-refractivity contribution in [3.8, 4) is 16.9 Å². The number of benzene rings is 2. The molecule has 0 radical (unpaired) electrons. The minimum absolute atomic E-state index is 0.0130. The molecule has 1 unspecified atom stereocenters. The minimum Gasteiger partial charge on any atom is -0.493 e. The van der Waals surface area contributed by atoms with Gasteiger partial charge in [0.2, 0.25) is 23.5 Å². The molecule has 0 saturated carbocycles. The van der Waals surface area contributed by atoms with Gasteiger partial charge in [-0.3, -0.25) is 53.0 Å². The van der Waals surface area contributed by atoms with Crippen molar-refractivity contribution < 1.29 is 62.1 Å². The van der Waals surface area contributed by atoms with Crippen molar-refractivity contribution >= 4 is 82.3 Å². The van der Waals surface area contributed by atoms with Gasteiger partial charge in [-0.1, -0.05) is 38.1 Å². The predicted molar refractivity (Wildman–Crippen MR) is 308 cm³/mol. The van der Waals surface area contributed by atoms with Gasteiger partial charge in [0.25, 0.3) is 11.8 Å². The van der Waals surface area contributed by atoms with Crippen molar-refractivity contribution in [1.82, 2.24) is 29.2 Å². The Hall–Kier alpha value is -7.30. The number of Topliss-reactive ketones (excluding diaryl/α,β-unsaturated/α-hetero) is 3. The Morgan fingerprint density at radius 1 is 0.817 bits per heavy atom. The number of carbonyl (C=O) groups excluding carboxylic acids is 9. The summed E-state index contributed by atoms with van der Waals surface area (Å²) in [5.41, 5.74) is 4.80. The second-order valence-corrected chi connectivity index (χ2v) is 22.3. The smallest absolute Gasteiger partial charge is 0.309 e. The fraction of sp³-hybridized carbons (Fsp3) is 0.517. The number of hydrogen-bond acceptors (Lipinski definition) is 16. The molecule has 4 aromatic rings. The third-order valence-electron chi connectivity index (χ3n) is 14.7. The Morgan fingerprint density at radius 2 is 1.57 bits per heavy atom. The maximum atomic E-state index is 13.4. The molecule has 3 atom stereocenters. The first-order valence-corrected chi connectivity index (χ1v) is 29.4. The fourth-order valence-electron chi connectivity index (χ4n) is 9.96. The molecule has 0 spiro atoms. The number of nitrogens with one attached hydrogen (secondary N) is 2. The quantitative estimate of drug-likeness (QED) is 0.0215. The van der Waals surface area contributed by atoms with Crippen LogP contribution in [0, 0.1) is 18.8 Å². The lowest BCUT2D eigenvalue weighted by Gasteiger charge is -2.20. The van der Waals surface area contributed by atoms with Gasteiger partial charge >= 0.3 is 5.97 Å². The van der Waals surface area contributed by atoms with Crippen molar-refractivity contribution in [3.05, 3.63) is 83.1 Å². The van der Waals surface area contributed by atoms with Crippen LogP contribution in [0.25, 0.3) is 11.1 Å². The van der Waals surface area contributed by atoms with Crippen molar-refractivity contribution in [2.24, 2.45) is 30.9 Å². The van der Waals surface area contributed by atoms with Crippen LogP contribution in [0.2, 0.25) is 0 Å². The number of nitrogens with zero attached hydrogens (tertiary/aromatic N) is 6. The van der Waals surface area contributed by atoms with E-state index >= 15 is 0 Å². The Bertz CT molecular complexity index is 3000. The topological polar surface area (TPSA) is 256 Å². The van der Waals surface area contributed by atoms with E-state index in [1.165, 1.54) is 16.7 Å². The summed E-state index contributed by atoms with van der Waals surface area (Å²) >= 11 is 1.34. The van der Waals surface area contributed by atoms with Gasteiger partial charge in [-0.25, -0.2) is 4.98 Å². The highest BCUT2D eigenvalue weighted by molar-refractivity contribution is 8.00. The number of ether oxygens (including phenoxy) is 4. The lowest BCUT2D eigenvalue weighted by molar-refractivity contribution is -0.152. The van der Waals surface area contributed by atoms with Gasteiger partial charge in [-0.05, 0) is 80.0 Å². The second kappa shape index (κ2) is 30.1. The number of likely N-dealkylation sites (tertiary alicyclic amines) is 1. The van der Waals surface area contributed by atoms with Gasteiger partial charge in [0, 0.05) is 116 Å². The molecule has 3 aliphatic heterocycles. The molecule has 82 heavy (non-hydrogen) atoms. The van der Waals surface area contributed by atoms with Crippen LogP contribution < -0.4 is 15.4 Å². The summed E-state index contributed by atoms with van der Waals surface area (Å²) < 4.78 is 25.9. The van der Waals surface area contributed by atoms with E-state index in [2.05, 4.69) is 20.6 Å². The maximum Gasteiger partial charge on any atom is 0.309 e. The van der Waals surface area contributed by atoms with Gasteiger partial charge in [-0.2, -0.15) is 11.8 Å². The number of aromatic nitrogens is 3. The number of imidazole rings is 1. The van der Waals surface area contributed by atoms with E-state index in [4.69, 9.17) is 18.9 Å². The molecule has 22 heteroatoms. The zero-order valence-corrected chi connectivity index (χ0v) is 48.6. The number of fused-ring (bicyclic) bond motifs is 2. The van der Waals surface area contributed by atoms with E-state index in [-0.39, 0.29) is 167 Å². The number of hydrogen-bond donors (Lipinski definition) is 2. The van der Waals surface area contributed by atoms with Crippen LogP contribution in [0.4, 0.5) is 11.5 Å². The number of rotatable bonds is 33. The van der Waals surface area contributed by atoms with E-state index in [0.29, 0.717) is 48.6 Å². The first kappa shape index (κ1) is 62.3. The normalized spacial score (nSPS) is 16.1. The maximum absolute atomic E-state index is 13.4. The fourth-order valence-corrected chi connectivity index (χ4v) is 10.6. The lowest BCUT2D eigenvalue weighted by Crippen LogP contribution is -2.35. The van der Waals surface area contributed by atoms with Gasteiger partial charge in [-0.15, -0.1) is 0 Å². The molecular formula is C60H76N8O13S. The van der Waals surface area contributed by atoms with Crippen LogP contribution in [0.3, 0.4) is 0 Å². The number of aliphatic imine (C=N–C) groups is 1. The highest BCUT2D eigenvalue weighted by Gasteiger charge is 2.38. The summed E-state index contributed by atoms with van der Waals surface area (Å²) in [5, 5.41) is 5.30. The van der Waals surface area contributed by atoms with E-state index in [0.717, 1.165) is 41.6 Å². The molecule has 440 valence electrons. The standard InChI is InChI=1S/C60H76N8O13S/c1-38(2)46(32-45(70)19-26-79-28-27-78-23-8-12-44(69)18-22-68-55(73)34-52(82-6)59(68)76)60(77)81-25-10-20-61-57(74)49-31-42(36-65(49)4)41-16-14-40(15-17-41)30-50(71)56-64-53(37-66(56)5)63-54(72)13-9-24-80-51-33-48-47(29-39(51)3)58(75)67-21-7-11-43(67)35-62-48/h14-17,29,31,33,35-38,43,46,52H,7-13,18-28,30,32,34H2,1-6H3,(H,61,74)(H,63,72)/t43-,46-,52?/m0/s1. The van der Waals surface area contributed by atoms with Crippen LogP contribution in [0.15, 0.2) is 59.9 Å². The number of esters is 1. The van der Waals surface area contributed by atoms with Crippen LogP contribution in [-0.4, -0.2) is 160 Å². The number of ketones is 3. The van der Waals surface area contributed by atoms with E-state index in [1.807, 2.05) is 68.4 Å². The van der Waals surface area contributed by atoms with Crippen LogP contribution >= 0.6 is 11.8 Å². The van der Waals surface area contributed by atoms with Crippen molar-refractivity contribution in [1.29, 1.82) is 0 Å². The summed E-state index contributed by atoms with van der Waals surface area (Å²) in [6, 6.07) is 12.9. The number of imide groups is 1. The van der Waals surface area contributed by atoms with Gasteiger partial charge in [0.15, 0.2) is 11.6 Å². The highest BCUT2D eigenvalue weighted by Crippen LogP contribution is 2.34. The first-order chi connectivity index (χ1) is 39.4. The minimum atomic E-state index is -0.625. The SMILES string of the molecule is CSC1CC(=O)N(CCC(=O)CCCOCCOCCC(=O)C[C@H](C(=O)OCCCNC(=O)c2cc(-c3ccc(CC(=O)c4nc(NC(=O)CCCOc5cc6c(cc5C)C(=O)N5CCC[C@H]5C=N6)cn4C)cc3)cn2C)C(C)C)C1=O. The molecular weight excluding hydrogens is 1070 g/mol. The number of thioether (sulfide) groups is 1. The van der Waals surface area contributed by atoms with E-state index in [9.17, 15) is 43.2 Å². The highest BCUT2D eigenvalue weighted by atomic mass is 32.2. The summed E-state index contributed by atoms with van der Waals surface area (Å²) in [6.45, 7) is 8.09. The molecule has 7 rings (SSSR count). The van der Waals surface area contributed by atoms with Crippen LogP contribution in [0.5, 0.6) is 5.75 Å². The Kier molecular flexibility index (Phi) is 22.9. The molecule has 5 amide bonds. The number of anilines is 1. The van der Waals surface area contributed by atoms with Crippen molar-refractivity contribution in [2.75, 3.05) is 70.8 Å².